The van der Waals surface area contributed by atoms with Crippen LogP contribution in [0.15, 0.2) is 9.52 Å². The molecule has 2 heterocycles. The molecule has 0 aromatic carbocycles. The van der Waals surface area contributed by atoms with Gasteiger partial charge in [0, 0.05) is 46.9 Å². The highest BCUT2D eigenvalue weighted by Gasteiger charge is 2.21. The third-order valence-electron chi connectivity index (χ3n) is 3.86. The molecule has 25 heavy (non-hydrogen) atoms. The van der Waals surface area contributed by atoms with Gasteiger partial charge >= 0.3 is 0 Å². The molecular weight excluding hydrogens is 437 g/mol. The number of piperidine rings is 1. The van der Waals surface area contributed by atoms with E-state index in [1.165, 1.54) is 0 Å². The van der Waals surface area contributed by atoms with Crippen LogP contribution in [0.2, 0.25) is 0 Å². The van der Waals surface area contributed by atoms with Gasteiger partial charge in [-0.1, -0.05) is 5.16 Å². The lowest BCUT2D eigenvalue weighted by Gasteiger charge is -2.34. The average molecular weight is 467 g/mol. The molecule has 0 atom stereocenters. The molecule has 1 aliphatic heterocycles. The third-order valence-corrected chi connectivity index (χ3v) is 3.86. The molecule has 1 aliphatic rings. The number of aryl methyl sites for hydroxylation is 1. The molecule has 0 unspecified atom stereocenters. The second kappa shape index (κ2) is 12.4. The van der Waals surface area contributed by atoms with Crippen LogP contribution in [-0.2, 0) is 16.0 Å². The predicted molar refractivity (Wildman–Crippen MR) is 106 cm³/mol. The third kappa shape index (κ3) is 7.87. The first-order valence-corrected chi connectivity index (χ1v) is 8.66. The number of likely N-dealkylation sites (tertiary alicyclic amines) is 1. The highest BCUT2D eigenvalue weighted by Crippen LogP contribution is 2.14. The monoisotopic (exact) mass is 467 g/mol. The Morgan fingerprint density at radius 1 is 1.36 bits per heavy atom. The van der Waals surface area contributed by atoms with Gasteiger partial charge in [0.1, 0.15) is 6.54 Å². The summed E-state index contributed by atoms with van der Waals surface area (Å²) in [5.41, 5.74) is 0. The van der Waals surface area contributed by atoms with E-state index in [0.717, 1.165) is 58.1 Å². The first-order valence-electron chi connectivity index (χ1n) is 8.66. The quantitative estimate of drug-likeness (QED) is 0.271. The van der Waals surface area contributed by atoms with Gasteiger partial charge in [-0.2, -0.15) is 4.98 Å². The molecule has 1 fully saturated rings. The van der Waals surface area contributed by atoms with E-state index in [1.54, 1.807) is 14.0 Å². The van der Waals surface area contributed by atoms with E-state index >= 15 is 0 Å². The summed E-state index contributed by atoms with van der Waals surface area (Å²) in [4.78, 5) is 11.1. The Bertz CT molecular complexity index is 504. The van der Waals surface area contributed by atoms with Gasteiger partial charge in [0.15, 0.2) is 11.8 Å². The van der Waals surface area contributed by atoms with Crippen molar-refractivity contribution in [2.75, 3.05) is 40.0 Å². The van der Waals surface area contributed by atoms with Crippen LogP contribution >= 0.6 is 24.0 Å². The molecule has 0 bridgehead atoms. The highest BCUT2D eigenvalue weighted by atomic mass is 127. The number of ether oxygens (including phenoxy) is 2. The van der Waals surface area contributed by atoms with Crippen molar-refractivity contribution in [1.82, 2.24) is 20.4 Å². The van der Waals surface area contributed by atoms with Gasteiger partial charge < -0.3 is 24.2 Å². The number of nitrogens with one attached hydrogen (secondary N) is 1. The van der Waals surface area contributed by atoms with Crippen LogP contribution in [0.4, 0.5) is 0 Å². The van der Waals surface area contributed by atoms with E-state index in [2.05, 4.69) is 32.3 Å². The van der Waals surface area contributed by atoms with E-state index in [1.807, 2.05) is 0 Å². The molecule has 1 aromatic rings. The van der Waals surface area contributed by atoms with Gasteiger partial charge in [0.05, 0.1) is 6.10 Å². The molecule has 8 nitrogen and oxygen atoms in total. The largest absolute Gasteiger partial charge is 0.385 e. The minimum atomic E-state index is 0. The van der Waals surface area contributed by atoms with Crippen LogP contribution in [0.3, 0.4) is 0 Å². The predicted octanol–water partition coefficient (Wildman–Crippen LogP) is 1.98. The van der Waals surface area contributed by atoms with Crippen LogP contribution < -0.4 is 5.32 Å². The molecule has 144 valence electrons. The Kier molecular flexibility index (Phi) is 11.0. The molecule has 1 aromatic heterocycles. The van der Waals surface area contributed by atoms with Crippen LogP contribution in [0, 0.1) is 6.92 Å². The maximum absolute atomic E-state index is 5.91. The average Bonchev–Trinajstić information content (AvgIpc) is 3.01. The number of halogens is 1. The lowest BCUT2D eigenvalue weighted by Crippen LogP contribution is -2.47. The smallest absolute Gasteiger partial charge is 0.223 e. The minimum Gasteiger partial charge on any atom is -0.385 e. The molecule has 1 N–H and O–H groups in total. The summed E-state index contributed by atoms with van der Waals surface area (Å²) in [6.07, 6.45) is 3.31. The summed E-state index contributed by atoms with van der Waals surface area (Å²) in [6, 6.07) is 0. The zero-order chi connectivity index (χ0) is 17.2. The van der Waals surface area contributed by atoms with Gasteiger partial charge in [-0.3, -0.25) is 0 Å². The Labute approximate surface area is 166 Å². The van der Waals surface area contributed by atoms with Gasteiger partial charge in [0.25, 0.3) is 0 Å². The molecule has 2 rings (SSSR count). The maximum Gasteiger partial charge on any atom is 0.223 e. The van der Waals surface area contributed by atoms with Gasteiger partial charge in [-0.15, -0.1) is 24.0 Å². The van der Waals surface area contributed by atoms with Gasteiger partial charge in [-0.25, -0.2) is 4.99 Å². The van der Waals surface area contributed by atoms with Gasteiger partial charge in [-0.05, 0) is 26.2 Å². The van der Waals surface area contributed by atoms with Crippen molar-refractivity contribution in [3.8, 4) is 0 Å². The van der Waals surface area contributed by atoms with Crippen molar-refractivity contribution in [2.24, 2.45) is 4.99 Å². The Balaban J connectivity index is 0.00000312. The molecule has 0 radical (unpaired) electrons. The molecule has 0 amide bonds. The highest BCUT2D eigenvalue weighted by molar-refractivity contribution is 14.0. The lowest BCUT2D eigenvalue weighted by molar-refractivity contribution is 0.00990. The number of guanidine groups is 1. The van der Waals surface area contributed by atoms with Crippen molar-refractivity contribution < 1.29 is 14.0 Å². The van der Waals surface area contributed by atoms with Crippen LogP contribution in [-0.4, -0.2) is 67.1 Å². The fraction of sp³-hybridized carbons (Fsp3) is 0.812. The normalized spacial score (nSPS) is 16.0. The summed E-state index contributed by atoms with van der Waals surface area (Å²) in [5.74, 6) is 2.08. The number of methoxy groups -OCH3 is 1. The van der Waals surface area contributed by atoms with Crippen LogP contribution in [0.25, 0.3) is 0 Å². The molecular formula is C16H30IN5O3. The standard InChI is InChI=1S/C16H29N5O3.HI/c1-4-17-16(18-12-15-19-13(2)24-20-15)21-8-6-14(7-9-21)23-11-5-10-22-3;/h14H,4-12H2,1-3H3,(H,17,18);1H. The van der Waals surface area contributed by atoms with Gasteiger partial charge in [0.2, 0.25) is 5.89 Å². The zero-order valence-corrected chi connectivity index (χ0v) is 17.7. The fourth-order valence-corrected chi connectivity index (χ4v) is 2.66. The van der Waals surface area contributed by atoms with E-state index < -0.39 is 0 Å². The molecule has 1 saturated heterocycles. The molecule has 0 aliphatic carbocycles. The Morgan fingerprint density at radius 3 is 2.72 bits per heavy atom. The SMILES string of the molecule is CCNC(=NCc1noc(C)n1)N1CCC(OCCCOC)CC1.I. The summed E-state index contributed by atoms with van der Waals surface area (Å²) < 4.78 is 15.9. The number of rotatable bonds is 8. The van der Waals surface area contributed by atoms with Crippen molar-refractivity contribution in [3.63, 3.8) is 0 Å². The van der Waals surface area contributed by atoms with E-state index in [4.69, 9.17) is 14.0 Å². The van der Waals surface area contributed by atoms with Crippen LogP contribution in [0.5, 0.6) is 0 Å². The van der Waals surface area contributed by atoms with Crippen molar-refractivity contribution in [2.45, 2.75) is 45.8 Å². The Hall–Kier alpha value is -0.940. The van der Waals surface area contributed by atoms with E-state index in [-0.39, 0.29) is 24.0 Å². The van der Waals surface area contributed by atoms with Crippen molar-refractivity contribution >= 4 is 29.9 Å². The van der Waals surface area contributed by atoms with Crippen LogP contribution in [0.1, 0.15) is 37.9 Å². The molecule has 0 saturated carbocycles. The molecule has 0 spiro atoms. The maximum atomic E-state index is 5.91. The first kappa shape index (κ1) is 22.1. The second-order valence-corrected chi connectivity index (χ2v) is 5.80. The minimum absolute atomic E-state index is 0. The van der Waals surface area contributed by atoms with E-state index in [0.29, 0.717) is 24.4 Å². The van der Waals surface area contributed by atoms with Crippen molar-refractivity contribution in [3.05, 3.63) is 11.7 Å². The summed E-state index contributed by atoms with van der Waals surface area (Å²) in [5, 5.41) is 7.22. The fourth-order valence-electron chi connectivity index (χ4n) is 2.66. The number of hydrogen-bond acceptors (Lipinski definition) is 6. The second-order valence-electron chi connectivity index (χ2n) is 5.80. The number of hydrogen-bond donors (Lipinski definition) is 1. The summed E-state index contributed by atoms with van der Waals surface area (Å²) in [6.45, 7) is 8.50. The topological polar surface area (TPSA) is 85.0 Å². The van der Waals surface area contributed by atoms with Crippen molar-refractivity contribution in [1.29, 1.82) is 0 Å². The van der Waals surface area contributed by atoms with E-state index in [9.17, 15) is 0 Å². The number of nitrogens with zero attached hydrogens (tertiary/aromatic N) is 4. The first-order chi connectivity index (χ1) is 11.7. The summed E-state index contributed by atoms with van der Waals surface area (Å²) in [7, 11) is 1.72. The Morgan fingerprint density at radius 2 is 2.12 bits per heavy atom. The number of aliphatic imine (C=N–C) groups is 1. The zero-order valence-electron chi connectivity index (χ0n) is 15.4. The summed E-state index contributed by atoms with van der Waals surface area (Å²) >= 11 is 0. The number of aromatic nitrogens is 2. The lowest BCUT2D eigenvalue weighted by atomic mass is 10.1. The molecule has 9 heteroatoms.